The van der Waals surface area contributed by atoms with E-state index in [2.05, 4.69) is 5.32 Å². The van der Waals surface area contributed by atoms with E-state index in [1.54, 1.807) is 24.3 Å². The molecule has 7 heteroatoms. The van der Waals surface area contributed by atoms with Crippen LogP contribution in [0.1, 0.15) is 12.5 Å². The Labute approximate surface area is 119 Å². The zero-order valence-electron chi connectivity index (χ0n) is 11.3. The molecule has 0 saturated carbocycles. The minimum atomic E-state index is -1.40. The van der Waals surface area contributed by atoms with Gasteiger partial charge in [0.25, 0.3) is 0 Å². The van der Waals surface area contributed by atoms with E-state index in [1.807, 2.05) is 0 Å². The molecule has 0 aliphatic heterocycles. The molecule has 0 saturated heterocycles. The van der Waals surface area contributed by atoms with E-state index >= 15 is 0 Å². The predicted molar refractivity (Wildman–Crippen MR) is 74.9 cm³/mol. The molecule has 0 bridgehead atoms. The van der Waals surface area contributed by atoms with Gasteiger partial charge in [-0.1, -0.05) is 12.1 Å². The van der Waals surface area contributed by atoms with Crippen LogP contribution in [0.25, 0.3) is 0 Å². The van der Waals surface area contributed by atoms with Crippen LogP contribution in [0.3, 0.4) is 0 Å². The van der Waals surface area contributed by atoms with Gasteiger partial charge in [0.1, 0.15) is 11.8 Å². The first-order valence-corrected chi connectivity index (χ1v) is 7.39. The van der Waals surface area contributed by atoms with Crippen molar-refractivity contribution in [1.29, 1.82) is 0 Å². The second-order valence-electron chi connectivity index (χ2n) is 4.19. The van der Waals surface area contributed by atoms with Gasteiger partial charge in [-0.3, -0.25) is 9.00 Å². The number of hydrogen-bond donors (Lipinski definition) is 2. The molecule has 110 valence electrons. The lowest BCUT2D eigenvalue weighted by atomic mass is 10.2. The summed E-state index contributed by atoms with van der Waals surface area (Å²) >= 11 is 0. The Hall–Kier alpha value is -1.89. The second-order valence-corrected chi connectivity index (χ2v) is 5.70. The lowest BCUT2D eigenvalue weighted by Gasteiger charge is -2.13. The van der Waals surface area contributed by atoms with Crippen LogP contribution in [0, 0.1) is 0 Å². The van der Waals surface area contributed by atoms with Crippen molar-refractivity contribution in [2.45, 2.75) is 18.7 Å². The van der Waals surface area contributed by atoms with E-state index in [0.29, 0.717) is 5.75 Å². The van der Waals surface area contributed by atoms with Crippen LogP contribution in [-0.2, 0) is 26.1 Å². The number of amides is 1. The van der Waals surface area contributed by atoms with E-state index in [1.165, 1.54) is 14.0 Å². The van der Waals surface area contributed by atoms with Crippen molar-refractivity contribution in [3.63, 3.8) is 0 Å². The van der Waals surface area contributed by atoms with Crippen LogP contribution in [0.5, 0.6) is 5.75 Å². The average molecular weight is 299 g/mol. The molecule has 1 rings (SSSR count). The highest BCUT2D eigenvalue weighted by Crippen LogP contribution is 2.14. The van der Waals surface area contributed by atoms with Gasteiger partial charge < -0.3 is 15.2 Å². The topological polar surface area (TPSA) is 92.7 Å². The molecule has 2 N–H and O–H groups in total. The number of rotatable bonds is 7. The molecule has 2 unspecified atom stereocenters. The van der Waals surface area contributed by atoms with E-state index in [0.717, 1.165) is 5.56 Å². The maximum atomic E-state index is 12.0. The third-order valence-corrected chi connectivity index (χ3v) is 3.85. The van der Waals surface area contributed by atoms with Crippen molar-refractivity contribution in [3.05, 3.63) is 29.8 Å². The number of ether oxygens (including phenoxy) is 1. The van der Waals surface area contributed by atoms with Gasteiger partial charge in [0.15, 0.2) is 0 Å². The quantitative estimate of drug-likeness (QED) is 0.766. The number of carbonyl (C=O) groups is 2. The highest BCUT2D eigenvalue weighted by Gasteiger charge is 2.21. The van der Waals surface area contributed by atoms with Gasteiger partial charge in [0.05, 0.1) is 12.9 Å². The molecule has 0 fully saturated rings. The summed E-state index contributed by atoms with van der Waals surface area (Å²) in [6.45, 7) is 1.22. The van der Waals surface area contributed by atoms with Gasteiger partial charge in [-0.15, -0.1) is 0 Å². The third-order valence-electron chi connectivity index (χ3n) is 2.49. The number of carbonyl (C=O) groups excluding carboxylic acids is 1. The van der Waals surface area contributed by atoms with Gasteiger partial charge in [-0.05, 0) is 17.7 Å². The summed E-state index contributed by atoms with van der Waals surface area (Å²) in [5.41, 5.74) is 0.787. The fourth-order valence-corrected chi connectivity index (χ4v) is 2.88. The minimum Gasteiger partial charge on any atom is -0.497 e. The average Bonchev–Trinajstić information content (AvgIpc) is 2.37. The summed E-state index contributed by atoms with van der Waals surface area (Å²) in [7, 11) is 0.136. The van der Waals surface area contributed by atoms with Crippen molar-refractivity contribution in [2.24, 2.45) is 0 Å². The van der Waals surface area contributed by atoms with Crippen molar-refractivity contribution in [1.82, 2.24) is 5.32 Å². The van der Waals surface area contributed by atoms with Crippen molar-refractivity contribution in [2.75, 3.05) is 12.9 Å². The Balaban J connectivity index is 2.65. The summed E-state index contributed by atoms with van der Waals surface area (Å²) < 4.78 is 17.0. The molecule has 0 aromatic heterocycles. The Bertz CT molecular complexity index is 517. The van der Waals surface area contributed by atoms with E-state index < -0.39 is 28.7 Å². The Kier molecular flexibility index (Phi) is 6.17. The smallest absolute Gasteiger partial charge is 0.327 e. The first kappa shape index (κ1) is 16.2. The van der Waals surface area contributed by atoms with Gasteiger partial charge >= 0.3 is 5.97 Å². The molecule has 1 aromatic rings. The van der Waals surface area contributed by atoms with Crippen LogP contribution < -0.4 is 10.1 Å². The van der Waals surface area contributed by atoms with Crippen LogP contribution in [0.4, 0.5) is 0 Å². The molecule has 0 heterocycles. The summed E-state index contributed by atoms with van der Waals surface area (Å²) in [6, 6.07) is 5.93. The number of aliphatic carboxylic acids is 1. The number of nitrogens with one attached hydrogen (secondary N) is 1. The maximum absolute atomic E-state index is 12.0. The lowest BCUT2D eigenvalue weighted by Crippen LogP contribution is -2.43. The number of carboxylic acids is 1. The summed E-state index contributed by atoms with van der Waals surface area (Å²) in [4.78, 5) is 21.8. The van der Waals surface area contributed by atoms with E-state index in [4.69, 9.17) is 9.84 Å². The van der Waals surface area contributed by atoms with Crippen LogP contribution in [-0.4, -0.2) is 40.1 Å². The van der Waals surface area contributed by atoms with Gasteiger partial charge in [0.2, 0.25) is 5.91 Å². The fourth-order valence-electron chi connectivity index (χ4n) is 1.61. The number of carboxylic acid groups (broad SMARTS) is 1. The maximum Gasteiger partial charge on any atom is 0.327 e. The SMILES string of the molecule is COc1cccc(CS(=O)CC(NC(C)=O)C(=O)O)c1. The van der Waals surface area contributed by atoms with Gasteiger partial charge in [0, 0.05) is 23.5 Å². The second kappa shape index (κ2) is 7.64. The molecule has 1 aromatic carbocycles. The predicted octanol–water partition coefficient (Wildman–Crippen LogP) is 0.533. The Morgan fingerprint density at radius 1 is 1.45 bits per heavy atom. The van der Waals surface area contributed by atoms with Crippen LogP contribution >= 0.6 is 0 Å². The first-order valence-electron chi connectivity index (χ1n) is 5.90. The third kappa shape index (κ3) is 5.40. The molecule has 0 aliphatic carbocycles. The standard InChI is InChI=1S/C13H17NO5S/c1-9(15)14-12(13(16)17)8-20(18)7-10-4-3-5-11(6-10)19-2/h3-6,12H,7-8H2,1-2H3,(H,14,15)(H,16,17). The zero-order valence-corrected chi connectivity index (χ0v) is 12.1. The molecule has 6 nitrogen and oxygen atoms in total. The molecule has 0 spiro atoms. The Morgan fingerprint density at radius 3 is 2.70 bits per heavy atom. The molecule has 20 heavy (non-hydrogen) atoms. The normalized spacial score (nSPS) is 13.3. The van der Waals surface area contributed by atoms with Crippen LogP contribution in [0.2, 0.25) is 0 Å². The zero-order chi connectivity index (χ0) is 15.1. The molecule has 1 amide bonds. The summed E-state index contributed by atoms with van der Waals surface area (Å²) in [6.07, 6.45) is 0. The molecular formula is C13H17NO5S. The van der Waals surface area contributed by atoms with Crippen molar-refractivity contribution < 1.29 is 23.6 Å². The minimum absolute atomic E-state index is 0.133. The highest BCUT2D eigenvalue weighted by molar-refractivity contribution is 7.84. The first-order chi connectivity index (χ1) is 9.42. The molecule has 0 aliphatic rings. The van der Waals surface area contributed by atoms with E-state index in [-0.39, 0.29) is 11.5 Å². The number of benzene rings is 1. The number of hydrogen-bond acceptors (Lipinski definition) is 4. The van der Waals surface area contributed by atoms with Gasteiger partial charge in [-0.2, -0.15) is 0 Å². The summed E-state index contributed by atoms with van der Waals surface area (Å²) in [5.74, 6) is -0.932. The molecule has 2 atom stereocenters. The Morgan fingerprint density at radius 2 is 2.15 bits per heavy atom. The van der Waals surface area contributed by atoms with Gasteiger partial charge in [-0.25, -0.2) is 4.79 Å². The highest BCUT2D eigenvalue weighted by atomic mass is 32.2. The van der Waals surface area contributed by atoms with Crippen molar-refractivity contribution in [3.8, 4) is 5.75 Å². The molecular weight excluding hydrogens is 282 g/mol. The number of methoxy groups -OCH3 is 1. The fraction of sp³-hybridized carbons (Fsp3) is 0.385. The largest absolute Gasteiger partial charge is 0.497 e. The summed E-state index contributed by atoms with van der Waals surface area (Å²) in [5, 5.41) is 11.2. The molecule has 0 radical (unpaired) electrons. The van der Waals surface area contributed by atoms with Crippen molar-refractivity contribution >= 4 is 22.7 Å². The van der Waals surface area contributed by atoms with Crippen LogP contribution in [0.15, 0.2) is 24.3 Å². The monoisotopic (exact) mass is 299 g/mol. The van der Waals surface area contributed by atoms with E-state index in [9.17, 15) is 13.8 Å². The lowest BCUT2D eigenvalue weighted by molar-refractivity contribution is -0.140.